The van der Waals surface area contributed by atoms with Gasteiger partial charge in [0.2, 0.25) is 0 Å². The number of fused-ring (bicyclic) bond motifs is 1. The molecule has 4 heterocycles. The fourth-order valence-corrected chi connectivity index (χ4v) is 3.73. The standard InChI is InChI=1S/C21H23N5O3/c1-14(23-19-16(21(28)29)7-5-9-22-19)15-8-6-12-26-18(27)13-17(24-20(15)26)25-10-3-2-4-11-25/h5-9,12-14H,2-4,10-11H2,1H3,(H,22,23)(H,28,29)/t14-/m1/s1. The Kier molecular flexibility index (Phi) is 5.16. The molecule has 0 unspecified atom stereocenters. The molecule has 3 aromatic heterocycles. The Hall–Kier alpha value is -3.42. The third-order valence-electron chi connectivity index (χ3n) is 5.25. The van der Waals surface area contributed by atoms with Gasteiger partial charge in [0.1, 0.15) is 22.8 Å². The number of piperidine rings is 1. The molecule has 0 aromatic carbocycles. The molecule has 3 aromatic rings. The Morgan fingerprint density at radius 2 is 2.00 bits per heavy atom. The Labute approximate surface area is 167 Å². The molecule has 1 saturated heterocycles. The molecule has 8 nitrogen and oxygen atoms in total. The van der Waals surface area contributed by atoms with Gasteiger partial charge in [0, 0.05) is 37.1 Å². The predicted molar refractivity (Wildman–Crippen MR) is 111 cm³/mol. The monoisotopic (exact) mass is 393 g/mol. The first-order valence-corrected chi connectivity index (χ1v) is 9.77. The number of hydrogen-bond donors (Lipinski definition) is 2. The van der Waals surface area contributed by atoms with Gasteiger partial charge >= 0.3 is 5.97 Å². The van der Waals surface area contributed by atoms with Crippen LogP contribution >= 0.6 is 0 Å². The molecule has 0 aliphatic carbocycles. The summed E-state index contributed by atoms with van der Waals surface area (Å²) in [5.41, 5.74) is 1.33. The summed E-state index contributed by atoms with van der Waals surface area (Å²) < 4.78 is 1.53. The zero-order valence-corrected chi connectivity index (χ0v) is 16.2. The van der Waals surface area contributed by atoms with Crippen molar-refractivity contribution >= 4 is 23.3 Å². The number of nitrogens with zero attached hydrogens (tertiary/aromatic N) is 4. The average Bonchev–Trinajstić information content (AvgIpc) is 2.74. The topological polar surface area (TPSA) is 99.8 Å². The summed E-state index contributed by atoms with van der Waals surface area (Å²) in [5, 5.41) is 12.6. The maximum atomic E-state index is 12.7. The summed E-state index contributed by atoms with van der Waals surface area (Å²) in [6.07, 6.45) is 6.63. The van der Waals surface area contributed by atoms with Crippen LogP contribution in [0, 0.1) is 0 Å². The summed E-state index contributed by atoms with van der Waals surface area (Å²) >= 11 is 0. The van der Waals surface area contributed by atoms with Gasteiger partial charge in [0.05, 0.1) is 6.04 Å². The lowest BCUT2D eigenvalue weighted by molar-refractivity contribution is 0.0697. The van der Waals surface area contributed by atoms with Crippen molar-refractivity contribution in [2.75, 3.05) is 23.3 Å². The SMILES string of the molecule is C[C@@H](Nc1ncccc1C(=O)O)c1cccn2c(=O)cc(N3CCCCC3)nc12. The fourth-order valence-electron chi connectivity index (χ4n) is 3.73. The number of carboxylic acid groups (broad SMARTS) is 1. The second kappa shape index (κ2) is 7.90. The zero-order chi connectivity index (χ0) is 20.4. The Morgan fingerprint density at radius 3 is 2.76 bits per heavy atom. The summed E-state index contributed by atoms with van der Waals surface area (Å²) in [5.74, 6) is -0.0742. The van der Waals surface area contributed by atoms with Gasteiger partial charge in [-0.05, 0) is 44.4 Å². The highest BCUT2D eigenvalue weighted by atomic mass is 16.4. The van der Waals surface area contributed by atoms with Gasteiger partial charge in [-0.1, -0.05) is 6.07 Å². The third kappa shape index (κ3) is 3.78. The van der Waals surface area contributed by atoms with Crippen molar-refractivity contribution in [2.24, 2.45) is 0 Å². The molecule has 1 aliphatic heterocycles. The highest BCUT2D eigenvalue weighted by Crippen LogP contribution is 2.24. The van der Waals surface area contributed by atoms with Gasteiger partial charge in [-0.3, -0.25) is 9.20 Å². The molecule has 4 rings (SSSR count). The van der Waals surface area contributed by atoms with Gasteiger partial charge in [-0.25, -0.2) is 14.8 Å². The van der Waals surface area contributed by atoms with E-state index in [4.69, 9.17) is 4.98 Å². The second-order valence-corrected chi connectivity index (χ2v) is 7.23. The fraction of sp³-hybridized carbons (Fsp3) is 0.333. The number of pyridine rings is 2. The minimum absolute atomic E-state index is 0.0960. The first-order valence-electron chi connectivity index (χ1n) is 9.77. The van der Waals surface area contributed by atoms with Crippen LogP contribution in [0.4, 0.5) is 11.6 Å². The highest BCUT2D eigenvalue weighted by molar-refractivity contribution is 5.93. The molecule has 0 spiro atoms. The van der Waals surface area contributed by atoms with Crippen molar-refractivity contribution < 1.29 is 9.90 Å². The van der Waals surface area contributed by atoms with Crippen LogP contribution in [-0.2, 0) is 0 Å². The van der Waals surface area contributed by atoms with E-state index in [1.165, 1.54) is 16.9 Å². The summed E-state index contributed by atoms with van der Waals surface area (Å²) in [6, 6.07) is 8.06. The normalized spacial score (nSPS) is 15.3. The third-order valence-corrected chi connectivity index (χ3v) is 5.25. The summed E-state index contributed by atoms with van der Waals surface area (Å²) in [7, 11) is 0. The van der Waals surface area contributed by atoms with Crippen molar-refractivity contribution in [3.8, 4) is 0 Å². The van der Waals surface area contributed by atoms with E-state index < -0.39 is 5.97 Å². The lowest BCUT2D eigenvalue weighted by Crippen LogP contribution is -2.32. The zero-order valence-electron chi connectivity index (χ0n) is 16.2. The molecule has 29 heavy (non-hydrogen) atoms. The maximum Gasteiger partial charge on any atom is 0.339 e. The molecule has 1 fully saturated rings. The molecule has 1 atom stereocenters. The van der Waals surface area contributed by atoms with Crippen LogP contribution in [0.1, 0.15) is 48.1 Å². The van der Waals surface area contributed by atoms with Crippen molar-refractivity contribution in [2.45, 2.75) is 32.2 Å². The first-order chi connectivity index (χ1) is 14.0. The average molecular weight is 393 g/mol. The Balaban J connectivity index is 1.74. The molecule has 0 radical (unpaired) electrons. The number of rotatable bonds is 5. The summed E-state index contributed by atoms with van der Waals surface area (Å²) in [6.45, 7) is 3.69. The number of carboxylic acids is 1. The van der Waals surface area contributed by atoms with Gasteiger partial charge in [0.25, 0.3) is 5.56 Å². The van der Waals surface area contributed by atoms with Gasteiger partial charge < -0.3 is 15.3 Å². The Morgan fingerprint density at radius 1 is 1.21 bits per heavy atom. The predicted octanol–water partition coefficient (Wildman–Crippen LogP) is 2.95. The minimum Gasteiger partial charge on any atom is -0.478 e. The van der Waals surface area contributed by atoms with Crippen LogP contribution < -0.4 is 15.8 Å². The van der Waals surface area contributed by atoms with E-state index >= 15 is 0 Å². The molecule has 150 valence electrons. The number of nitrogens with one attached hydrogen (secondary N) is 1. The Bertz CT molecular complexity index is 1100. The van der Waals surface area contributed by atoms with Crippen molar-refractivity contribution in [3.63, 3.8) is 0 Å². The second-order valence-electron chi connectivity index (χ2n) is 7.23. The van der Waals surface area contributed by atoms with E-state index in [0.717, 1.165) is 31.5 Å². The van der Waals surface area contributed by atoms with Crippen molar-refractivity contribution in [1.29, 1.82) is 0 Å². The van der Waals surface area contributed by atoms with Crippen molar-refractivity contribution in [1.82, 2.24) is 14.4 Å². The van der Waals surface area contributed by atoms with Gasteiger partial charge in [-0.2, -0.15) is 0 Å². The molecule has 0 saturated carbocycles. The van der Waals surface area contributed by atoms with Gasteiger partial charge in [-0.15, -0.1) is 0 Å². The largest absolute Gasteiger partial charge is 0.478 e. The maximum absolute atomic E-state index is 12.7. The molecule has 2 N–H and O–H groups in total. The minimum atomic E-state index is -1.05. The van der Waals surface area contributed by atoms with Crippen LogP contribution in [0.25, 0.3) is 5.65 Å². The lowest BCUT2D eigenvalue weighted by atomic mass is 10.1. The molecule has 8 heteroatoms. The number of aromatic nitrogens is 3. The first kappa shape index (κ1) is 18.9. The van der Waals surface area contributed by atoms with Crippen LogP contribution in [0.15, 0.2) is 47.5 Å². The molecule has 1 aliphatic rings. The smallest absolute Gasteiger partial charge is 0.339 e. The van der Waals surface area contributed by atoms with Crippen LogP contribution in [-0.4, -0.2) is 38.5 Å². The van der Waals surface area contributed by atoms with Crippen molar-refractivity contribution in [3.05, 3.63) is 64.2 Å². The van der Waals surface area contributed by atoms with Crippen LogP contribution in [0.2, 0.25) is 0 Å². The lowest BCUT2D eigenvalue weighted by Gasteiger charge is -2.28. The van der Waals surface area contributed by atoms with Gasteiger partial charge in [0.15, 0.2) is 0 Å². The molecular weight excluding hydrogens is 370 g/mol. The number of anilines is 2. The van der Waals surface area contributed by atoms with Crippen LogP contribution in [0.3, 0.4) is 0 Å². The molecule has 0 bridgehead atoms. The number of carbonyl (C=O) groups is 1. The van der Waals surface area contributed by atoms with E-state index in [1.54, 1.807) is 30.6 Å². The number of hydrogen-bond acceptors (Lipinski definition) is 6. The highest BCUT2D eigenvalue weighted by Gasteiger charge is 2.19. The van der Waals surface area contributed by atoms with E-state index in [0.29, 0.717) is 11.5 Å². The van der Waals surface area contributed by atoms with E-state index in [-0.39, 0.29) is 23.0 Å². The van der Waals surface area contributed by atoms with E-state index in [2.05, 4.69) is 15.2 Å². The number of aromatic carboxylic acids is 1. The summed E-state index contributed by atoms with van der Waals surface area (Å²) in [4.78, 5) is 35.3. The molecule has 0 amide bonds. The molecular formula is C21H23N5O3. The quantitative estimate of drug-likeness (QED) is 0.687. The van der Waals surface area contributed by atoms with E-state index in [9.17, 15) is 14.7 Å². The van der Waals surface area contributed by atoms with E-state index in [1.807, 2.05) is 13.0 Å². The van der Waals surface area contributed by atoms with Crippen LogP contribution in [0.5, 0.6) is 0 Å².